The maximum absolute atomic E-state index is 13.1. The molecule has 3 heterocycles. The molecule has 0 saturated carbocycles. The molecule has 0 spiro atoms. The van der Waals surface area contributed by atoms with Crippen LogP contribution >= 0.6 is 0 Å². The molecule has 0 bridgehead atoms. The molecule has 0 radical (unpaired) electrons. The molecule has 1 unspecified atom stereocenters. The molecule has 0 aliphatic carbocycles. The first-order valence-electron chi connectivity index (χ1n) is 10.5. The second-order valence-electron chi connectivity index (χ2n) is 8.26. The maximum Gasteiger partial charge on any atom is 0.260 e. The Kier molecular flexibility index (Phi) is 5.84. The number of imidazole rings is 1. The van der Waals surface area contributed by atoms with Crippen molar-refractivity contribution in [2.24, 2.45) is 5.92 Å². The summed E-state index contributed by atoms with van der Waals surface area (Å²) in [7, 11) is -3.56. The Morgan fingerprint density at radius 1 is 1.17 bits per heavy atom. The quantitative estimate of drug-likeness (QED) is 0.798. The molecule has 2 saturated heterocycles. The predicted octanol–water partition coefficient (Wildman–Crippen LogP) is 1.86. The number of amides is 1. The monoisotopic (exact) mass is 431 g/mol. The van der Waals surface area contributed by atoms with Gasteiger partial charge in [-0.3, -0.25) is 4.79 Å². The fourth-order valence-corrected chi connectivity index (χ4v) is 5.84. The van der Waals surface area contributed by atoms with Crippen molar-refractivity contribution in [3.63, 3.8) is 0 Å². The third kappa shape index (κ3) is 4.09. The molecule has 9 heteroatoms. The van der Waals surface area contributed by atoms with E-state index in [0.29, 0.717) is 39.0 Å². The van der Waals surface area contributed by atoms with Crippen LogP contribution in [0.4, 0.5) is 5.69 Å². The molecule has 2 aliphatic rings. The average molecular weight is 432 g/mol. The van der Waals surface area contributed by atoms with Crippen molar-refractivity contribution < 1.29 is 13.2 Å². The van der Waals surface area contributed by atoms with E-state index < -0.39 is 10.0 Å². The summed E-state index contributed by atoms with van der Waals surface area (Å²) in [5.41, 5.74) is 2.43. The Balaban J connectivity index is 1.34. The molecule has 1 atom stereocenters. The van der Waals surface area contributed by atoms with Crippen molar-refractivity contribution in [3.05, 3.63) is 42.4 Å². The summed E-state index contributed by atoms with van der Waals surface area (Å²) >= 11 is 0. The zero-order valence-corrected chi connectivity index (χ0v) is 18.3. The van der Waals surface area contributed by atoms with Crippen molar-refractivity contribution >= 4 is 21.6 Å². The number of nitrogens with one attached hydrogen (secondary N) is 1. The zero-order chi connectivity index (χ0) is 21.3. The molecule has 1 aromatic carbocycles. The SMILES string of the molecule is Cc1cccc(N2CCN(C(=O)C3CCN(S(=O)(=O)c4cnc[nH]4)CC3)CC2C)c1. The number of rotatable bonds is 4. The number of aromatic amines is 1. The van der Waals surface area contributed by atoms with Crippen LogP contribution in [-0.4, -0.2) is 72.3 Å². The first-order chi connectivity index (χ1) is 14.4. The van der Waals surface area contributed by atoms with Crippen LogP contribution in [-0.2, 0) is 14.8 Å². The molecule has 8 nitrogen and oxygen atoms in total. The standard InChI is InChI=1S/C21H29N5O3S/c1-16-4-3-5-19(12-16)26-11-10-24(14-17(26)2)21(27)18-6-8-25(9-7-18)30(28,29)20-13-22-15-23-20/h3-5,12-13,15,17-18H,6-11,14H2,1-2H3,(H,22,23). The molecule has 30 heavy (non-hydrogen) atoms. The van der Waals surface area contributed by atoms with Gasteiger partial charge >= 0.3 is 0 Å². The Hall–Kier alpha value is -2.39. The van der Waals surface area contributed by atoms with Gasteiger partial charge in [-0.25, -0.2) is 13.4 Å². The van der Waals surface area contributed by atoms with Crippen LogP contribution in [0.15, 0.2) is 41.8 Å². The highest BCUT2D eigenvalue weighted by atomic mass is 32.2. The van der Waals surface area contributed by atoms with Gasteiger partial charge in [0.25, 0.3) is 10.0 Å². The third-order valence-electron chi connectivity index (χ3n) is 6.17. The molecule has 1 aromatic heterocycles. The Bertz CT molecular complexity index is 984. The first kappa shape index (κ1) is 20.9. The number of sulfonamides is 1. The van der Waals surface area contributed by atoms with Gasteiger partial charge in [0.15, 0.2) is 5.03 Å². The van der Waals surface area contributed by atoms with E-state index in [1.54, 1.807) is 0 Å². The molecular formula is C21H29N5O3S. The van der Waals surface area contributed by atoms with Gasteiger partial charge in [-0.15, -0.1) is 0 Å². The molecule has 162 valence electrons. The van der Waals surface area contributed by atoms with E-state index in [-0.39, 0.29) is 22.9 Å². The van der Waals surface area contributed by atoms with Gasteiger partial charge in [0.2, 0.25) is 5.91 Å². The number of benzene rings is 1. The number of hydrogen-bond acceptors (Lipinski definition) is 5. The number of carbonyl (C=O) groups is 1. The van der Waals surface area contributed by atoms with Crippen LogP contribution in [0, 0.1) is 12.8 Å². The highest BCUT2D eigenvalue weighted by molar-refractivity contribution is 7.89. The number of aromatic nitrogens is 2. The lowest BCUT2D eigenvalue weighted by Crippen LogP contribution is -2.55. The fraction of sp³-hybridized carbons (Fsp3) is 0.524. The van der Waals surface area contributed by atoms with E-state index in [4.69, 9.17) is 0 Å². The molecule has 1 N–H and O–H groups in total. The van der Waals surface area contributed by atoms with Gasteiger partial charge in [0.05, 0.1) is 12.5 Å². The summed E-state index contributed by atoms with van der Waals surface area (Å²) in [4.78, 5) is 23.9. The van der Waals surface area contributed by atoms with Crippen LogP contribution in [0.1, 0.15) is 25.3 Å². The zero-order valence-electron chi connectivity index (χ0n) is 17.5. The number of nitrogens with zero attached hydrogens (tertiary/aromatic N) is 4. The molecule has 2 aromatic rings. The van der Waals surface area contributed by atoms with Gasteiger partial charge < -0.3 is 14.8 Å². The Labute approximate surface area is 177 Å². The third-order valence-corrected chi connectivity index (χ3v) is 7.99. The van der Waals surface area contributed by atoms with Crippen LogP contribution in [0.2, 0.25) is 0 Å². The lowest BCUT2D eigenvalue weighted by molar-refractivity contribution is -0.137. The van der Waals surface area contributed by atoms with E-state index in [0.717, 1.165) is 6.54 Å². The van der Waals surface area contributed by atoms with E-state index in [2.05, 4.69) is 53.0 Å². The Morgan fingerprint density at radius 3 is 2.57 bits per heavy atom. The first-order valence-corrected chi connectivity index (χ1v) is 11.9. The van der Waals surface area contributed by atoms with Gasteiger partial charge in [-0.05, 0) is 44.4 Å². The van der Waals surface area contributed by atoms with E-state index >= 15 is 0 Å². The molecule has 2 aliphatic heterocycles. The van der Waals surface area contributed by atoms with E-state index in [1.165, 1.54) is 28.1 Å². The number of piperidine rings is 1. The lowest BCUT2D eigenvalue weighted by atomic mass is 9.95. The normalized spacial score (nSPS) is 21.7. The summed E-state index contributed by atoms with van der Waals surface area (Å²) in [6.45, 7) is 7.16. The highest BCUT2D eigenvalue weighted by Crippen LogP contribution is 2.27. The van der Waals surface area contributed by atoms with Crippen molar-refractivity contribution in [3.8, 4) is 0 Å². The van der Waals surface area contributed by atoms with Crippen LogP contribution in [0.5, 0.6) is 0 Å². The molecular weight excluding hydrogens is 402 g/mol. The minimum atomic E-state index is -3.56. The van der Waals surface area contributed by atoms with Gasteiger partial charge in [-0.1, -0.05) is 12.1 Å². The number of anilines is 1. The van der Waals surface area contributed by atoms with Crippen molar-refractivity contribution in [1.29, 1.82) is 0 Å². The predicted molar refractivity (Wildman–Crippen MR) is 115 cm³/mol. The number of piperazine rings is 1. The summed E-state index contributed by atoms with van der Waals surface area (Å²) in [5, 5.41) is 0.105. The fourth-order valence-electron chi connectivity index (χ4n) is 4.47. The summed E-state index contributed by atoms with van der Waals surface area (Å²) in [6, 6.07) is 8.71. The average Bonchev–Trinajstić information content (AvgIpc) is 3.29. The topological polar surface area (TPSA) is 89.6 Å². The minimum absolute atomic E-state index is 0.105. The summed E-state index contributed by atoms with van der Waals surface area (Å²) in [5.74, 6) is 0.0419. The summed E-state index contributed by atoms with van der Waals surface area (Å²) < 4.78 is 26.7. The van der Waals surface area contributed by atoms with Crippen LogP contribution in [0.3, 0.4) is 0 Å². The number of H-pyrrole nitrogens is 1. The van der Waals surface area contributed by atoms with Crippen molar-refractivity contribution in [2.75, 3.05) is 37.6 Å². The van der Waals surface area contributed by atoms with Gasteiger partial charge in [-0.2, -0.15) is 4.31 Å². The largest absolute Gasteiger partial charge is 0.365 e. The van der Waals surface area contributed by atoms with Gasteiger partial charge in [0.1, 0.15) is 0 Å². The smallest absolute Gasteiger partial charge is 0.260 e. The molecule has 4 rings (SSSR count). The Morgan fingerprint density at radius 2 is 1.93 bits per heavy atom. The number of hydrogen-bond donors (Lipinski definition) is 1. The van der Waals surface area contributed by atoms with Crippen molar-refractivity contribution in [2.45, 2.75) is 37.8 Å². The summed E-state index contributed by atoms with van der Waals surface area (Å²) in [6.07, 6.45) is 3.79. The van der Waals surface area contributed by atoms with Gasteiger partial charge in [0, 0.05) is 50.4 Å². The minimum Gasteiger partial charge on any atom is -0.365 e. The second kappa shape index (κ2) is 8.39. The number of aryl methyl sites for hydroxylation is 1. The maximum atomic E-state index is 13.1. The van der Waals surface area contributed by atoms with E-state index in [9.17, 15) is 13.2 Å². The second-order valence-corrected chi connectivity index (χ2v) is 10.2. The highest BCUT2D eigenvalue weighted by Gasteiger charge is 2.36. The van der Waals surface area contributed by atoms with Crippen LogP contribution < -0.4 is 4.90 Å². The molecule has 2 fully saturated rings. The van der Waals surface area contributed by atoms with Crippen LogP contribution in [0.25, 0.3) is 0 Å². The molecule has 1 amide bonds. The number of carbonyl (C=O) groups excluding carboxylic acids is 1. The van der Waals surface area contributed by atoms with E-state index in [1.807, 2.05) is 4.90 Å². The lowest BCUT2D eigenvalue weighted by Gasteiger charge is -2.43. The van der Waals surface area contributed by atoms with Crippen molar-refractivity contribution in [1.82, 2.24) is 19.2 Å².